The molecule has 10 nitrogen and oxygen atoms in total. The number of anilines is 1. The van der Waals surface area contributed by atoms with Gasteiger partial charge in [-0.3, -0.25) is 9.20 Å². The van der Waals surface area contributed by atoms with Crippen LogP contribution < -0.4 is 5.32 Å². The molecule has 1 N–H and O–H groups in total. The average Bonchev–Trinajstić information content (AvgIpc) is 3.48. The molecule has 1 aliphatic heterocycles. The Bertz CT molecular complexity index is 1480. The topological polar surface area (TPSA) is 123 Å². The third-order valence-corrected chi connectivity index (χ3v) is 7.29. The monoisotopic (exact) mass is 480 g/mol. The molecule has 34 heavy (non-hydrogen) atoms. The van der Waals surface area contributed by atoms with E-state index in [0.717, 1.165) is 18.4 Å². The Hall–Kier alpha value is -3.57. The Balaban J connectivity index is 1.41. The van der Waals surface area contributed by atoms with Crippen LogP contribution in [0, 0.1) is 6.92 Å². The van der Waals surface area contributed by atoms with Gasteiger partial charge in [-0.2, -0.15) is 9.29 Å². The second kappa shape index (κ2) is 8.65. The lowest BCUT2D eigenvalue weighted by Crippen LogP contribution is -2.37. The molecule has 0 radical (unpaired) electrons. The van der Waals surface area contributed by atoms with Crippen LogP contribution in [0.25, 0.3) is 17.0 Å². The maximum atomic E-state index is 12.9. The van der Waals surface area contributed by atoms with Crippen LogP contribution in [0.5, 0.6) is 0 Å². The number of nitrogens with one attached hydrogen (secondary N) is 1. The smallest absolute Gasteiger partial charge is 0.274 e. The number of pyridine rings is 1. The summed E-state index contributed by atoms with van der Waals surface area (Å²) in [7, 11) is -3.39. The fourth-order valence-electron chi connectivity index (χ4n) is 4.22. The maximum Gasteiger partial charge on any atom is 0.274 e. The molecule has 4 aromatic rings. The first kappa shape index (κ1) is 22.2. The molecule has 176 valence electrons. The standard InChI is InChI=1S/C23H24N6O4S/c1-15-9-10-16(13-17(15)25-22(30)19-14-24-20-8-4-5-11-28(19)20)21-26-23(33-27-21)18-7-3-6-12-29(18)34(2,31)32/h4-5,8-11,13-14,18H,3,6-7,12H2,1-2H3,(H,25,30). The normalized spacial score (nSPS) is 17.2. The molecule has 1 unspecified atom stereocenters. The first-order valence-electron chi connectivity index (χ1n) is 11.0. The number of rotatable bonds is 5. The number of carbonyl (C=O) groups excluding carboxylic acids is 1. The van der Waals surface area contributed by atoms with Gasteiger partial charge in [-0.1, -0.05) is 29.8 Å². The largest absolute Gasteiger partial charge is 0.337 e. The predicted molar refractivity (Wildman–Crippen MR) is 126 cm³/mol. The van der Waals surface area contributed by atoms with E-state index in [1.165, 1.54) is 16.8 Å². The molecule has 1 aromatic carbocycles. The Kier molecular flexibility index (Phi) is 5.66. The van der Waals surface area contributed by atoms with Crippen LogP contribution in [0.2, 0.25) is 0 Å². The van der Waals surface area contributed by atoms with Crippen LogP contribution in [0.15, 0.2) is 53.3 Å². The fourth-order valence-corrected chi connectivity index (χ4v) is 5.34. The molecule has 1 atom stereocenters. The van der Waals surface area contributed by atoms with Crippen molar-refractivity contribution in [2.24, 2.45) is 0 Å². The molecule has 3 aromatic heterocycles. The van der Waals surface area contributed by atoms with E-state index in [-0.39, 0.29) is 11.8 Å². The number of sulfonamides is 1. The quantitative estimate of drug-likeness (QED) is 0.464. The van der Waals surface area contributed by atoms with E-state index in [0.29, 0.717) is 41.4 Å². The number of carbonyl (C=O) groups is 1. The van der Waals surface area contributed by atoms with E-state index in [4.69, 9.17) is 4.52 Å². The van der Waals surface area contributed by atoms with Crippen molar-refractivity contribution in [1.29, 1.82) is 0 Å². The molecular formula is C23H24N6O4S. The molecule has 1 amide bonds. The Morgan fingerprint density at radius 1 is 1.21 bits per heavy atom. The molecule has 0 aliphatic carbocycles. The van der Waals surface area contributed by atoms with Gasteiger partial charge in [0, 0.05) is 24.0 Å². The van der Waals surface area contributed by atoms with E-state index in [1.54, 1.807) is 16.7 Å². The molecule has 0 spiro atoms. The summed E-state index contributed by atoms with van der Waals surface area (Å²) in [5.41, 5.74) is 3.22. The van der Waals surface area contributed by atoms with Gasteiger partial charge in [-0.05, 0) is 43.5 Å². The Morgan fingerprint density at radius 3 is 2.88 bits per heavy atom. The van der Waals surface area contributed by atoms with Gasteiger partial charge in [0.25, 0.3) is 5.91 Å². The summed E-state index contributed by atoms with van der Waals surface area (Å²) < 4.78 is 33.0. The zero-order chi connectivity index (χ0) is 23.9. The van der Waals surface area contributed by atoms with Crippen molar-refractivity contribution in [1.82, 2.24) is 23.8 Å². The molecule has 5 rings (SSSR count). The summed E-state index contributed by atoms with van der Waals surface area (Å²) in [6, 6.07) is 10.5. The number of benzene rings is 1. The van der Waals surface area contributed by atoms with Crippen LogP contribution in [0.1, 0.15) is 47.2 Å². The van der Waals surface area contributed by atoms with E-state index in [9.17, 15) is 13.2 Å². The number of hydrogen-bond donors (Lipinski definition) is 1. The van der Waals surface area contributed by atoms with Crippen molar-refractivity contribution in [3.8, 4) is 11.4 Å². The van der Waals surface area contributed by atoms with Crippen molar-refractivity contribution in [3.05, 3.63) is 65.9 Å². The van der Waals surface area contributed by atoms with Gasteiger partial charge in [0.1, 0.15) is 17.4 Å². The van der Waals surface area contributed by atoms with Gasteiger partial charge >= 0.3 is 0 Å². The number of piperidine rings is 1. The van der Waals surface area contributed by atoms with Crippen LogP contribution in [0.3, 0.4) is 0 Å². The van der Waals surface area contributed by atoms with Crippen molar-refractivity contribution in [2.45, 2.75) is 32.2 Å². The van der Waals surface area contributed by atoms with Gasteiger partial charge in [0.15, 0.2) is 0 Å². The van der Waals surface area contributed by atoms with Crippen molar-refractivity contribution in [2.75, 3.05) is 18.1 Å². The van der Waals surface area contributed by atoms with Gasteiger partial charge in [-0.25, -0.2) is 13.4 Å². The fraction of sp³-hybridized carbons (Fsp3) is 0.304. The highest BCUT2D eigenvalue weighted by Gasteiger charge is 2.34. The lowest BCUT2D eigenvalue weighted by Gasteiger charge is -2.30. The zero-order valence-electron chi connectivity index (χ0n) is 18.8. The second-order valence-electron chi connectivity index (χ2n) is 8.40. The first-order chi connectivity index (χ1) is 16.3. The van der Waals surface area contributed by atoms with Gasteiger partial charge in [0.2, 0.25) is 21.7 Å². The number of imidazole rings is 1. The molecule has 1 saturated heterocycles. The minimum absolute atomic E-state index is 0.275. The SMILES string of the molecule is Cc1ccc(-c2noc(C3CCCCN3S(C)(=O)=O)n2)cc1NC(=O)c1cnc2ccccn12. The average molecular weight is 481 g/mol. The summed E-state index contributed by atoms with van der Waals surface area (Å²) >= 11 is 0. The molecule has 11 heteroatoms. The molecule has 4 heterocycles. The van der Waals surface area contributed by atoms with E-state index in [2.05, 4.69) is 20.4 Å². The van der Waals surface area contributed by atoms with Gasteiger partial charge in [-0.15, -0.1) is 0 Å². The summed E-state index contributed by atoms with van der Waals surface area (Å²) in [4.78, 5) is 21.7. The van der Waals surface area contributed by atoms with E-state index >= 15 is 0 Å². The minimum Gasteiger partial charge on any atom is -0.337 e. The second-order valence-corrected chi connectivity index (χ2v) is 10.3. The summed E-state index contributed by atoms with van der Waals surface area (Å²) in [6.07, 6.45) is 6.83. The number of aromatic nitrogens is 4. The Morgan fingerprint density at radius 2 is 2.06 bits per heavy atom. The molecule has 0 saturated carbocycles. The van der Waals surface area contributed by atoms with Crippen LogP contribution >= 0.6 is 0 Å². The highest BCUT2D eigenvalue weighted by Crippen LogP contribution is 2.33. The number of fused-ring (bicyclic) bond motifs is 1. The first-order valence-corrected chi connectivity index (χ1v) is 12.8. The maximum absolute atomic E-state index is 12.9. The summed E-state index contributed by atoms with van der Waals surface area (Å²) in [5, 5.41) is 7.02. The molecular weight excluding hydrogens is 456 g/mol. The van der Waals surface area contributed by atoms with Gasteiger partial charge in [0.05, 0.1) is 12.5 Å². The number of aryl methyl sites for hydroxylation is 1. The number of nitrogens with zero attached hydrogens (tertiary/aromatic N) is 5. The molecule has 1 aliphatic rings. The highest BCUT2D eigenvalue weighted by molar-refractivity contribution is 7.88. The van der Waals surface area contributed by atoms with Crippen molar-refractivity contribution in [3.63, 3.8) is 0 Å². The minimum atomic E-state index is -3.39. The predicted octanol–water partition coefficient (Wildman–Crippen LogP) is 3.43. The lowest BCUT2D eigenvalue weighted by atomic mass is 10.1. The van der Waals surface area contributed by atoms with E-state index < -0.39 is 16.1 Å². The number of amides is 1. The Labute approximate surface area is 196 Å². The highest BCUT2D eigenvalue weighted by atomic mass is 32.2. The zero-order valence-corrected chi connectivity index (χ0v) is 19.6. The van der Waals surface area contributed by atoms with Crippen molar-refractivity contribution < 1.29 is 17.7 Å². The third kappa shape index (κ3) is 4.19. The van der Waals surface area contributed by atoms with Crippen LogP contribution in [-0.2, 0) is 10.0 Å². The van der Waals surface area contributed by atoms with Gasteiger partial charge < -0.3 is 9.84 Å². The third-order valence-electron chi connectivity index (χ3n) is 6.00. The molecule has 1 fully saturated rings. The number of hydrogen-bond acceptors (Lipinski definition) is 7. The molecule has 0 bridgehead atoms. The summed E-state index contributed by atoms with van der Waals surface area (Å²) in [6.45, 7) is 2.33. The summed E-state index contributed by atoms with van der Waals surface area (Å²) in [5.74, 6) is 0.315. The van der Waals surface area contributed by atoms with Crippen LogP contribution in [0.4, 0.5) is 5.69 Å². The van der Waals surface area contributed by atoms with E-state index in [1.807, 2.05) is 37.3 Å². The van der Waals surface area contributed by atoms with Crippen molar-refractivity contribution >= 4 is 27.3 Å². The van der Waals surface area contributed by atoms with Crippen LogP contribution in [-0.4, -0.2) is 51.0 Å². The lowest BCUT2D eigenvalue weighted by molar-refractivity contribution is 0.102.